The molecule has 0 aliphatic rings. The summed E-state index contributed by atoms with van der Waals surface area (Å²) in [6.45, 7) is 10.4. The number of rotatable bonds is 18. The first-order valence-electron chi connectivity index (χ1n) is 13.0. The van der Waals surface area contributed by atoms with E-state index in [0.29, 0.717) is 35.0 Å². The first-order chi connectivity index (χ1) is 19.3. The maximum atomic E-state index is 13.8. The van der Waals surface area contributed by atoms with Gasteiger partial charge in [0.15, 0.2) is 26.2 Å². The van der Waals surface area contributed by atoms with Crippen LogP contribution in [0.15, 0.2) is 60.2 Å². The molecule has 0 aliphatic carbocycles. The van der Waals surface area contributed by atoms with Crippen LogP contribution in [0.1, 0.15) is 48.7 Å². The fourth-order valence-corrected chi connectivity index (χ4v) is 3.97. The van der Waals surface area contributed by atoms with Gasteiger partial charge in [0.1, 0.15) is 28.6 Å². The molecule has 0 amide bonds. The summed E-state index contributed by atoms with van der Waals surface area (Å²) in [7, 11) is 6.11. The summed E-state index contributed by atoms with van der Waals surface area (Å²) in [6.07, 6.45) is 6.61. The molecule has 0 spiro atoms. The first-order valence-corrected chi connectivity index (χ1v) is 13.0. The molecule has 2 aromatic carbocycles. The van der Waals surface area contributed by atoms with E-state index >= 15 is 0 Å². The van der Waals surface area contributed by atoms with Crippen LogP contribution in [0.5, 0.6) is 23.0 Å². The highest BCUT2D eigenvalue weighted by molar-refractivity contribution is 6.11. The van der Waals surface area contributed by atoms with Gasteiger partial charge in [0.2, 0.25) is 0 Å². The highest BCUT2D eigenvalue weighted by Crippen LogP contribution is 2.42. The molecule has 0 saturated carbocycles. The lowest BCUT2D eigenvalue weighted by Crippen LogP contribution is -2.15. The minimum absolute atomic E-state index is 0.0109. The molecule has 8 nitrogen and oxygen atoms in total. The topological polar surface area (TPSA) is 81.7 Å². The number of hydrogen-bond acceptors (Lipinski definition) is 8. The molecule has 0 bridgehead atoms. The van der Waals surface area contributed by atoms with E-state index in [4.69, 9.17) is 33.2 Å². The fourth-order valence-electron chi connectivity index (χ4n) is 3.97. The summed E-state index contributed by atoms with van der Waals surface area (Å²) >= 11 is 0. The molecule has 0 fully saturated rings. The maximum absolute atomic E-state index is 13.8. The van der Waals surface area contributed by atoms with Crippen LogP contribution in [-0.4, -0.2) is 54.6 Å². The van der Waals surface area contributed by atoms with Crippen LogP contribution >= 0.6 is 0 Å². The van der Waals surface area contributed by atoms with E-state index < -0.39 is 0 Å². The summed E-state index contributed by atoms with van der Waals surface area (Å²) in [5.41, 5.74) is 3.89. The lowest BCUT2D eigenvalue weighted by molar-refractivity contribution is 0.0437. The van der Waals surface area contributed by atoms with E-state index in [1.807, 2.05) is 25.1 Å². The van der Waals surface area contributed by atoms with Gasteiger partial charge in [0.05, 0.1) is 7.11 Å². The van der Waals surface area contributed by atoms with Crippen LogP contribution in [0.2, 0.25) is 0 Å². The highest BCUT2D eigenvalue weighted by Gasteiger charge is 2.27. The number of ether oxygens (including phenoxy) is 7. The van der Waals surface area contributed by atoms with Crippen LogP contribution in [0.25, 0.3) is 6.08 Å². The van der Waals surface area contributed by atoms with Crippen molar-refractivity contribution >= 4 is 11.9 Å². The van der Waals surface area contributed by atoms with Gasteiger partial charge in [-0.3, -0.25) is 4.79 Å². The Balaban J connectivity index is 2.68. The summed E-state index contributed by atoms with van der Waals surface area (Å²) in [5.74, 6) is 1.46. The Morgan fingerprint density at radius 3 is 2.10 bits per heavy atom. The average Bonchev–Trinajstić information content (AvgIpc) is 2.94. The molecule has 1 atom stereocenters. The Kier molecular flexibility index (Phi) is 14.0. The van der Waals surface area contributed by atoms with E-state index in [0.717, 1.165) is 17.6 Å². The Bertz CT molecular complexity index is 1180. The molecule has 0 N–H and O–H groups in total. The molecule has 0 aliphatic heterocycles. The number of carbonyl (C=O) groups excluding carboxylic acids is 1. The van der Waals surface area contributed by atoms with Crippen molar-refractivity contribution in [3.8, 4) is 23.0 Å². The van der Waals surface area contributed by atoms with Gasteiger partial charge in [-0.25, -0.2) is 0 Å². The predicted octanol–water partition coefficient (Wildman–Crippen LogP) is 6.63. The Morgan fingerprint density at radius 2 is 1.50 bits per heavy atom. The van der Waals surface area contributed by atoms with Crippen molar-refractivity contribution in [2.75, 3.05) is 48.8 Å². The van der Waals surface area contributed by atoms with E-state index in [1.165, 1.54) is 25.9 Å². The van der Waals surface area contributed by atoms with Gasteiger partial charge in [-0.05, 0) is 57.7 Å². The molecule has 2 rings (SSSR count). The van der Waals surface area contributed by atoms with E-state index in [9.17, 15) is 4.79 Å². The van der Waals surface area contributed by atoms with Crippen LogP contribution in [0, 0.1) is 5.92 Å². The second-order valence-corrected chi connectivity index (χ2v) is 9.41. The van der Waals surface area contributed by atoms with Gasteiger partial charge in [0.25, 0.3) is 0 Å². The van der Waals surface area contributed by atoms with Crippen LogP contribution in [-0.2, 0) is 20.6 Å². The van der Waals surface area contributed by atoms with Crippen LogP contribution in [0.4, 0.5) is 0 Å². The average molecular weight is 555 g/mol. The summed E-state index contributed by atoms with van der Waals surface area (Å²) in [4.78, 5) is 13.8. The number of para-hydroxylation sites is 1. The first kappa shape index (κ1) is 32.6. The molecule has 0 aromatic heterocycles. The Morgan fingerprint density at radius 1 is 0.875 bits per heavy atom. The molecule has 0 heterocycles. The lowest BCUT2D eigenvalue weighted by atomic mass is 9.87. The van der Waals surface area contributed by atoms with Crippen LogP contribution < -0.4 is 18.9 Å². The second-order valence-electron chi connectivity index (χ2n) is 9.41. The molecule has 0 saturated heterocycles. The number of ketones is 1. The third-order valence-electron chi connectivity index (χ3n) is 6.05. The zero-order valence-corrected chi connectivity index (χ0v) is 24.7. The van der Waals surface area contributed by atoms with Crippen molar-refractivity contribution in [1.82, 2.24) is 0 Å². The molecular weight excluding hydrogens is 512 g/mol. The van der Waals surface area contributed by atoms with Gasteiger partial charge < -0.3 is 33.2 Å². The minimum atomic E-state index is -0.319. The quantitative estimate of drug-likeness (QED) is 0.0879. The van der Waals surface area contributed by atoms with E-state index in [-0.39, 0.29) is 37.6 Å². The number of allylic oxidation sites excluding steroid dienone is 4. The van der Waals surface area contributed by atoms with Crippen molar-refractivity contribution in [3.63, 3.8) is 0 Å². The molecule has 0 radical (unpaired) electrons. The zero-order valence-electron chi connectivity index (χ0n) is 24.7. The van der Waals surface area contributed by atoms with Crippen molar-refractivity contribution in [2.24, 2.45) is 5.92 Å². The minimum Gasteiger partial charge on any atom is -0.496 e. The van der Waals surface area contributed by atoms with Crippen molar-refractivity contribution in [1.29, 1.82) is 0 Å². The molecular formula is C32H42O8. The fraction of sp³-hybridized carbons (Fsp3) is 0.406. The predicted molar refractivity (Wildman–Crippen MR) is 156 cm³/mol. The third-order valence-corrected chi connectivity index (χ3v) is 6.05. The van der Waals surface area contributed by atoms with E-state index in [1.54, 1.807) is 32.4 Å². The molecule has 2 aromatic rings. The smallest absolute Gasteiger partial charge is 0.193 e. The van der Waals surface area contributed by atoms with Crippen LogP contribution in [0.3, 0.4) is 0 Å². The van der Waals surface area contributed by atoms with E-state index in [2.05, 4.69) is 26.5 Å². The van der Waals surface area contributed by atoms with Gasteiger partial charge >= 0.3 is 0 Å². The SMILES string of the molecule is C=C(C)C(CC=C(C)C)Cc1c(OCOC)cc(OC)c(C(=O)/C=C/c2ccccc2OCOC)c1OCOC. The number of hydrogen-bond donors (Lipinski definition) is 0. The summed E-state index contributed by atoms with van der Waals surface area (Å²) in [6, 6.07) is 9.06. The van der Waals surface area contributed by atoms with Gasteiger partial charge in [-0.1, -0.05) is 42.0 Å². The number of benzene rings is 2. The molecule has 8 heteroatoms. The normalized spacial score (nSPS) is 11.7. The molecule has 1 unspecified atom stereocenters. The number of methoxy groups -OCH3 is 4. The van der Waals surface area contributed by atoms with Crippen molar-refractivity contribution in [2.45, 2.75) is 33.6 Å². The maximum Gasteiger partial charge on any atom is 0.193 e. The van der Waals surface area contributed by atoms with Crippen molar-refractivity contribution in [3.05, 3.63) is 76.9 Å². The number of carbonyl (C=O) groups is 1. The highest BCUT2D eigenvalue weighted by atomic mass is 16.7. The summed E-state index contributed by atoms with van der Waals surface area (Å²) in [5, 5.41) is 0. The van der Waals surface area contributed by atoms with Gasteiger partial charge in [-0.2, -0.15) is 0 Å². The second kappa shape index (κ2) is 17.2. The third kappa shape index (κ3) is 9.55. The van der Waals surface area contributed by atoms with Crippen molar-refractivity contribution < 1.29 is 38.0 Å². The zero-order chi connectivity index (χ0) is 29.5. The monoisotopic (exact) mass is 554 g/mol. The largest absolute Gasteiger partial charge is 0.496 e. The lowest BCUT2D eigenvalue weighted by Gasteiger charge is -2.24. The molecule has 218 valence electrons. The Labute approximate surface area is 238 Å². The van der Waals surface area contributed by atoms with Gasteiger partial charge in [-0.15, -0.1) is 0 Å². The standard InChI is InChI=1S/C32H42O8/c1-22(2)13-14-25(23(3)4)17-26-29(39-20-35-6)18-30(37-8)31(32(26)40-21-36-7)27(33)16-15-24-11-9-10-12-28(24)38-19-34-5/h9-13,15-16,18,25H,3,14,17,19-21H2,1-2,4-8H3/b16-15+. The van der Waals surface area contributed by atoms with Gasteiger partial charge in [0, 0.05) is 38.5 Å². The summed E-state index contributed by atoms with van der Waals surface area (Å²) < 4.78 is 38.7. The molecule has 40 heavy (non-hydrogen) atoms. The Hall–Kier alpha value is -3.59.